The molecule has 1 aromatic carbocycles. The van der Waals surface area contributed by atoms with E-state index in [0.29, 0.717) is 18.2 Å². The van der Waals surface area contributed by atoms with Crippen LogP contribution in [0, 0.1) is 0 Å². The number of carboxylic acids is 2. The Hall–Kier alpha value is -2.57. The van der Waals surface area contributed by atoms with Gasteiger partial charge < -0.3 is 20.1 Å². The van der Waals surface area contributed by atoms with Crippen LogP contribution >= 0.6 is 11.6 Å². The zero-order valence-corrected chi connectivity index (χ0v) is 15.7. The molecule has 1 atom stereocenters. The molecule has 6 nitrogen and oxygen atoms in total. The summed E-state index contributed by atoms with van der Waals surface area (Å²) < 4.78 is 2.49. The Morgan fingerprint density at radius 1 is 1.22 bits per heavy atom. The third-order valence-electron chi connectivity index (χ3n) is 4.82. The van der Waals surface area contributed by atoms with Gasteiger partial charge in [-0.05, 0) is 43.0 Å². The quantitative estimate of drug-likeness (QED) is 0.687. The molecule has 0 saturated heterocycles. The SMILES string of the molecule is CC1NCCn2c1cc1c2-c2cccc(Cl)c2CC1.O=C(O)/C=C/C(=O)O. The molecule has 2 aliphatic rings. The van der Waals surface area contributed by atoms with Crippen LogP contribution < -0.4 is 5.32 Å². The molecule has 142 valence electrons. The summed E-state index contributed by atoms with van der Waals surface area (Å²) in [6.45, 7) is 4.35. The second-order valence-electron chi connectivity index (χ2n) is 6.55. The smallest absolute Gasteiger partial charge is 0.328 e. The zero-order chi connectivity index (χ0) is 19.6. The highest BCUT2D eigenvalue weighted by atomic mass is 35.5. The summed E-state index contributed by atoms with van der Waals surface area (Å²) in [5.41, 5.74) is 6.98. The normalized spacial score (nSPS) is 17.3. The molecule has 0 fully saturated rings. The summed E-state index contributed by atoms with van der Waals surface area (Å²) in [4.78, 5) is 19.1. The highest BCUT2D eigenvalue weighted by Crippen LogP contribution is 2.40. The Morgan fingerprint density at radius 3 is 2.59 bits per heavy atom. The van der Waals surface area contributed by atoms with Crippen molar-refractivity contribution in [2.24, 2.45) is 0 Å². The van der Waals surface area contributed by atoms with Crippen LogP contribution in [0.5, 0.6) is 0 Å². The highest BCUT2D eigenvalue weighted by molar-refractivity contribution is 6.31. The number of aliphatic carboxylic acids is 2. The minimum atomic E-state index is -1.26. The number of halogens is 1. The van der Waals surface area contributed by atoms with Crippen LogP contribution in [0.2, 0.25) is 5.02 Å². The summed E-state index contributed by atoms with van der Waals surface area (Å²) in [5, 5.41) is 20.1. The monoisotopic (exact) mass is 388 g/mol. The van der Waals surface area contributed by atoms with E-state index in [1.165, 1.54) is 28.1 Å². The van der Waals surface area contributed by atoms with Crippen molar-refractivity contribution in [3.05, 3.63) is 58.3 Å². The Labute approximate surface area is 162 Å². The van der Waals surface area contributed by atoms with Gasteiger partial charge >= 0.3 is 11.9 Å². The number of aryl methyl sites for hydroxylation is 1. The number of hydrogen-bond acceptors (Lipinski definition) is 3. The number of aromatic nitrogens is 1. The van der Waals surface area contributed by atoms with E-state index in [1.807, 2.05) is 6.07 Å². The number of nitrogens with zero attached hydrogens (tertiary/aromatic N) is 1. The van der Waals surface area contributed by atoms with Crippen LogP contribution in [0.15, 0.2) is 36.4 Å². The molecule has 1 aromatic heterocycles. The Morgan fingerprint density at radius 2 is 1.93 bits per heavy atom. The molecule has 1 unspecified atom stereocenters. The first kappa shape index (κ1) is 19.2. The van der Waals surface area contributed by atoms with Gasteiger partial charge in [0, 0.05) is 47.6 Å². The Kier molecular flexibility index (Phi) is 5.68. The number of benzene rings is 1. The first-order valence-electron chi connectivity index (χ1n) is 8.76. The van der Waals surface area contributed by atoms with E-state index in [9.17, 15) is 9.59 Å². The summed E-state index contributed by atoms with van der Waals surface area (Å²) >= 11 is 6.37. The number of rotatable bonds is 2. The van der Waals surface area contributed by atoms with Crippen LogP contribution in [0.4, 0.5) is 0 Å². The molecule has 0 radical (unpaired) electrons. The van der Waals surface area contributed by atoms with Gasteiger partial charge in [-0.1, -0.05) is 23.7 Å². The molecule has 4 rings (SSSR count). The summed E-state index contributed by atoms with van der Waals surface area (Å²) in [6.07, 6.45) is 3.29. The molecule has 1 aliphatic carbocycles. The van der Waals surface area contributed by atoms with Crippen LogP contribution in [-0.4, -0.2) is 33.3 Å². The minimum Gasteiger partial charge on any atom is -0.478 e. The van der Waals surface area contributed by atoms with Crippen molar-refractivity contribution in [2.45, 2.75) is 32.4 Å². The van der Waals surface area contributed by atoms with E-state index in [0.717, 1.165) is 31.0 Å². The number of nitrogens with one attached hydrogen (secondary N) is 1. The van der Waals surface area contributed by atoms with Crippen LogP contribution in [-0.2, 0) is 29.0 Å². The molecule has 2 aromatic rings. The maximum Gasteiger partial charge on any atom is 0.328 e. The molecule has 0 saturated carbocycles. The van der Waals surface area contributed by atoms with Gasteiger partial charge in [-0.25, -0.2) is 9.59 Å². The van der Waals surface area contributed by atoms with Gasteiger partial charge in [0.25, 0.3) is 0 Å². The maximum absolute atomic E-state index is 9.55. The van der Waals surface area contributed by atoms with Crippen molar-refractivity contribution < 1.29 is 19.8 Å². The standard InChI is InChI=1S/C16H17ClN2.C4H4O4/c1-10-15-9-11-5-6-12-13(3-2-4-14(12)17)16(11)19(15)8-7-18-10;5-3(6)1-2-4(7)8/h2-4,9-10,18H,5-8H2,1H3;1-2H,(H,5,6)(H,7,8)/b;2-1+. The third-order valence-corrected chi connectivity index (χ3v) is 5.18. The van der Waals surface area contributed by atoms with Gasteiger partial charge in [0.1, 0.15) is 0 Å². The van der Waals surface area contributed by atoms with Gasteiger partial charge in [-0.2, -0.15) is 0 Å². The topological polar surface area (TPSA) is 91.6 Å². The lowest BCUT2D eigenvalue weighted by Crippen LogP contribution is -2.31. The van der Waals surface area contributed by atoms with E-state index in [-0.39, 0.29) is 0 Å². The van der Waals surface area contributed by atoms with E-state index >= 15 is 0 Å². The molecule has 7 heteroatoms. The first-order chi connectivity index (χ1) is 12.9. The largest absolute Gasteiger partial charge is 0.478 e. The van der Waals surface area contributed by atoms with E-state index in [4.69, 9.17) is 21.8 Å². The molecular formula is C20H21ClN2O4. The molecule has 0 spiro atoms. The fourth-order valence-electron chi connectivity index (χ4n) is 3.67. The fourth-order valence-corrected chi connectivity index (χ4v) is 3.94. The molecule has 2 heterocycles. The third kappa shape index (κ3) is 4.07. The number of fused-ring (bicyclic) bond motifs is 5. The number of carboxylic acid groups (broad SMARTS) is 2. The van der Waals surface area contributed by atoms with E-state index < -0.39 is 11.9 Å². The molecule has 0 amide bonds. The lowest BCUT2D eigenvalue weighted by atomic mass is 9.90. The van der Waals surface area contributed by atoms with Crippen LogP contribution in [0.25, 0.3) is 11.3 Å². The Balaban J connectivity index is 0.000000226. The minimum absolute atomic E-state index is 0.446. The second-order valence-corrected chi connectivity index (χ2v) is 6.95. The zero-order valence-electron chi connectivity index (χ0n) is 14.9. The Bertz CT molecular complexity index is 901. The van der Waals surface area contributed by atoms with Crippen molar-refractivity contribution in [2.75, 3.05) is 6.54 Å². The summed E-state index contributed by atoms with van der Waals surface area (Å²) in [6, 6.07) is 9.13. The molecule has 1 aliphatic heterocycles. The highest BCUT2D eigenvalue weighted by Gasteiger charge is 2.27. The van der Waals surface area contributed by atoms with Crippen molar-refractivity contribution in [3.8, 4) is 11.3 Å². The van der Waals surface area contributed by atoms with Gasteiger partial charge in [-0.15, -0.1) is 0 Å². The lowest BCUT2D eigenvalue weighted by molar-refractivity contribution is -0.134. The van der Waals surface area contributed by atoms with Crippen molar-refractivity contribution in [1.29, 1.82) is 0 Å². The number of hydrogen-bond donors (Lipinski definition) is 3. The second kappa shape index (κ2) is 7.98. The van der Waals surface area contributed by atoms with Crippen molar-refractivity contribution >= 4 is 23.5 Å². The average Bonchev–Trinajstić information content (AvgIpc) is 3.01. The van der Waals surface area contributed by atoms with Gasteiger partial charge in [0.05, 0.1) is 5.69 Å². The van der Waals surface area contributed by atoms with Crippen LogP contribution in [0.3, 0.4) is 0 Å². The van der Waals surface area contributed by atoms with E-state index in [2.05, 4.69) is 35.0 Å². The molecule has 27 heavy (non-hydrogen) atoms. The maximum atomic E-state index is 9.55. The molecule has 3 N–H and O–H groups in total. The predicted octanol–water partition coefficient (Wildman–Crippen LogP) is 3.28. The average molecular weight is 389 g/mol. The van der Waals surface area contributed by atoms with E-state index in [1.54, 1.807) is 0 Å². The molecular weight excluding hydrogens is 368 g/mol. The first-order valence-corrected chi connectivity index (χ1v) is 9.13. The van der Waals surface area contributed by atoms with Crippen LogP contribution in [0.1, 0.15) is 29.8 Å². The summed E-state index contributed by atoms with van der Waals surface area (Å²) in [5.74, 6) is -2.51. The van der Waals surface area contributed by atoms with Gasteiger partial charge in [0.2, 0.25) is 0 Å². The number of carbonyl (C=O) groups is 2. The van der Waals surface area contributed by atoms with Gasteiger partial charge in [0.15, 0.2) is 0 Å². The summed E-state index contributed by atoms with van der Waals surface area (Å²) in [7, 11) is 0. The van der Waals surface area contributed by atoms with Crippen molar-refractivity contribution in [1.82, 2.24) is 9.88 Å². The van der Waals surface area contributed by atoms with Crippen molar-refractivity contribution in [3.63, 3.8) is 0 Å². The fraction of sp³-hybridized carbons (Fsp3) is 0.300. The predicted molar refractivity (Wildman–Crippen MR) is 103 cm³/mol. The lowest BCUT2D eigenvalue weighted by Gasteiger charge is -2.26. The molecule has 0 bridgehead atoms. The van der Waals surface area contributed by atoms with Gasteiger partial charge in [-0.3, -0.25) is 0 Å².